The monoisotopic (exact) mass is 391 g/mol. The van der Waals surface area contributed by atoms with Crippen molar-refractivity contribution in [1.82, 2.24) is 14.8 Å². The highest BCUT2D eigenvalue weighted by molar-refractivity contribution is 7.99. The second kappa shape index (κ2) is 8.35. The van der Waals surface area contributed by atoms with Crippen LogP contribution in [-0.4, -0.2) is 27.6 Å². The topological polar surface area (TPSA) is 53.1 Å². The van der Waals surface area contributed by atoms with Crippen LogP contribution in [0.3, 0.4) is 0 Å². The molecule has 142 valence electrons. The summed E-state index contributed by atoms with van der Waals surface area (Å²) in [6.07, 6.45) is 2.63. The highest BCUT2D eigenvalue weighted by Crippen LogP contribution is 2.30. The van der Waals surface area contributed by atoms with E-state index in [1.807, 2.05) is 43.3 Å². The Balaban J connectivity index is 1.58. The van der Waals surface area contributed by atoms with E-state index >= 15 is 0 Å². The van der Waals surface area contributed by atoms with Crippen LogP contribution in [0.25, 0.3) is 17.1 Å². The third kappa shape index (κ3) is 3.82. The molecule has 0 spiro atoms. The van der Waals surface area contributed by atoms with Gasteiger partial charge in [-0.3, -0.25) is 4.57 Å². The largest absolute Gasteiger partial charge is 0.497 e. The molecule has 0 fully saturated rings. The molecule has 0 atom stereocenters. The van der Waals surface area contributed by atoms with Gasteiger partial charge < -0.3 is 9.15 Å². The Bertz CT molecular complexity index is 1040. The molecular formula is C22H21N3O2S. The number of hydrogen-bond acceptors (Lipinski definition) is 5. The highest BCUT2D eigenvalue weighted by atomic mass is 32.2. The van der Waals surface area contributed by atoms with Crippen LogP contribution in [-0.2, 0) is 6.42 Å². The van der Waals surface area contributed by atoms with Crippen molar-refractivity contribution in [3.05, 3.63) is 78.3 Å². The van der Waals surface area contributed by atoms with E-state index in [0.29, 0.717) is 0 Å². The maximum absolute atomic E-state index is 5.48. The Labute approximate surface area is 168 Å². The fourth-order valence-electron chi connectivity index (χ4n) is 3.02. The van der Waals surface area contributed by atoms with Crippen LogP contribution in [0, 0.1) is 6.92 Å². The predicted molar refractivity (Wildman–Crippen MR) is 111 cm³/mol. The van der Waals surface area contributed by atoms with E-state index in [0.717, 1.165) is 45.9 Å². The van der Waals surface area contributed by atoms with Crippen molar-refractivity contribution in [2.24, 2.45) is 0 Å². The number of para-hydroxylation sites is 1. The Morgan fingerprint density at radius 3 is 2.46 bits per heavy atom. The Hall–Kier alpha value is -2.99. The van der Waals surface area contributed by atoms with Gasteiger partial charge in [0.15, 0.2) is 11.0 Å². The van der Waals surface area contributed by atoms with Gasteiger partial charge in [0.2, 0.25) is 0 Å². The van der Waals surface area contributed by atoms with Crippen molar-refractivity contribution in [2.45, 2.75) is 18.5 Å². The number of hydrogen-bond donors (Lipinski definition) is 0. The summed E-state index contributed by atoms with van der Waals surface area (Å²) in [5.74, 6) is 3.41. The van der Waals surface area contributed by atoms with E-state index in [4.69, 9.17) is 9.15 Å². The zero-order valence-electron chi connectivity index (χ0n) is 15.8. The summed E-state index contributed by atoms with van der Waals surface area (Å²) in [7, 11) is 1.68. The Morgan fingerprint density at radius 2 is 1.79 bits per heavy atom. The Kier molecular flexibility index (Phi) is 5.48. The third-order valence-corrected chi connectivity index (χ3v) is 5.46. The number of rotatable bonds is 7. The first kappa shape index (κ1) is 18.4. The molecule has 0 radical (unpaired) electrons. The molecule has 0 saturated heterocycles. The number of nitrogens with zero attached hydrogens (tertiary/aromatic N) is 3. The molecule has 0 N–H and O–H groups in total. The number of thioether (sulfide) groups is 1. The zero-order valence-corrected chi connectivity index (χ0v) is 16.6. The van der Waals surface area contributed by atoms with E-state index in [1.165, 1.54) is 5.56 Å². The van der Waals surface area contributed by atoms with Crippen LogP contribution < -0.4 is 4.74 Å². The lowest BCUT2D eigenvalue weighted by atomic mass is 10.2. The molecule has 4 rings (SSSR count). The molecule has 2 aromatic heterocycles. The van der Waals surface area contributed by atoms with E-state index in [9.17, 15) is 0 Å². The Morgan fingerprint density at radius 1 is 1.00 bits per heavy atom. The molecule has 0 saturated carbocycles. The second-order valence-electron chi connectivity index (χ2n) is 6.31. The fourth-order valence-corrected chi connectivity index (χ4v) is 3.96. The smallest absolute Gasteiger partial charge is 0.196 e. The lowest BCUT2D eigenvalue weighted by Gasteiger charge is -2.10. The third-order valence-electron chi connectivity index (χ3n) is 4.53. The maximum atomic E-state index is 5.48. The number of ether oxygens (including phenoxy) is 1. The quantitative estimate of drug-likeness (QED) is 0.406. The fraction of sp³-hybridized carbons (Fsp3) is 0.182. The molecule has 0 aliphatic heterocycles. The average molecular weight is 391 g/mol. The average Bonchev–Trinajstić information content (AvgIpc) is 3.35. The molecule has 0 aliphatic rings. The van der Waals surface area contributed by atoms with Crippen LogP contribution >= 0.6 is 11.8 Å². The molecule has 4 aromatic rings. The van der Waals surface area contributed by atoms with Gasteiger partial charge in [-0.15, -0.1) is 10.2 Å². The van der Waals surface area contributed by atoms with Crippen LogP contribution in [0.1, 0.15) is 11.3 Å². The van der Waals surface area contributed by atoms with Crippen molar-refractivity contribution < 1.29 is 9.15 Å². The number of aromatic nitrogens is 3. The lowest BCUT2D eigenvalue weighted by molar-refractivity contribution is 0.414. The van der Waals surface area contributed by atoms with Crippen molar-refractivity contribution in [1.29, 1.82) is 0 Å². The molecule has 5 nitrogen and oxygen atoms in total. The second-order valence-corrected chi connectivity index (χ2v) is 7.38. The molecular weight excluding hydrogens is 370 g/mol. The van der Waals surface area contributed by atoms with E-state index in [1.54, 1.807) is 25.1 Å². The van der Waals surface area contributed by atoms with Crippen molar-refractivity contribution in [2.75, 3.05) is 12.9 Å². The van der Waals surface area contributed by atoms with Crippen LogP contribution in [0.5, 0.6) is 5.75 Å². The molecule has 2 heterocycles. The maximum Gasteiger partial charge on any atom is 0.196 e. The standard InChI is InChI=1S/C22H21N3O2S/c1-16-20(12-14-27-16)21-23-24-22(25(21)18-6-4-3-5-7-18)28-15-13-17-8-10-19(26-2)11-9-17/h3-12,14H,13,15H2,1-2H3. The molecule has 2 aromatic carbocycles. The first-order chi connectivity index (χ1) is 13.8. The minimum absolute atomic E-state index is 0.796. The number of aryl methyl sites for hydroxylation is 2. The molecule has 0 aliphatic carbocycles. The van der Waals surface area contributed by atoms with Crippen molar-refractivity contribution >= 4 is 11.8 Å². The minimum atomic E-state index is 0.796. The van der Waals surface area contributed by atoms with Gasteiger partial charge in [-0.2, -0.15) is 0 Å². The van der Waals surface area contributed by atoms with Crippen molar-refractivity contribution in [3.8, 4) is 22.8 Å². The van der Waals surface area contributed by atoms with Gasteiger partial charge in [-0.05, 0) is 49.2 Å². The van der Waals surface area contributed by atoms with Gasteiger partial charge in [0.25, 0.3) is 0 Å². The van der Waals surface area contributed by atoms with Gasteiger partial charge in [-0.1, -0.05) is 42.1 Å². The molecule has 0 bridgehead atoms. The van der Waals surface area contributed by atoms with E-state index in [2.05, 4.69) is 39.0 Å². The number of benzene rings is 2. The lowest BCUT2D eigenvalue weighted by Crippen LogP contribution is -2.00. The summed E-state index contributed by atoms with van der Waals surface area (Å²) in [5, 5.41) is 9.79. The highest BCUT2D eigenvalue weighted by Gasteiger charge is 2.18. The van der Waals surface area contributed by atoms with E-state index in [-0.39, 0.29) is 0 Å². The van der Waals surface area contributed by atoms with Gasteiger partial charge in [-0.25, -0.2) is 0 Å². The zero-order chi connectivity index (χ0) is 19.3. The van der Waals surface area contributed by atoms with Gasteiger partial charge in [0.05, 0.1) is 18.9 Å². The molecule has 0 unspecified atom stereocenters. The summed E-state index contributed by atoms with van der Waals surface area (Å²) in [6.45, 7) is 1.94. The van der Waals surface area contributed by atoms with Crippen LogP contribution in [0.2, 0.25) is 0 Å². The molecule has 6 heteroatoms. The predicted octanol–water partition coefficient (Wildman–Crippen LogP) is 5.18. The molecule has 0 amide bonds. The van der Waals surface area contributed by atoms with Crippen LogP contribution in [0.4, 0.5) is 0 Å². The summed E-state index contributed by atoms with van der Waals surface area (Å²) in [6, 6.07) is 20.3. The van der Waals surface area contributed by atoms with Crippen molar-refractivity contribution in [3.63, 3.8) is 0 Å². The number of furan rings is 1. The summed E-state index contributed by atoms with van der Waals surface area (Å²) >= 11 is 1.70. The van der Waals surface area contributed by atoms with Crippen LogP contribution in [0.15, 0.2) is 76.5 Å². The van der Waals surface area contributed by atoms with E-state index < -0.39 is 0 Å². The number of methoxy groups -OCH3 is 1. The minimum Gasteiger partial charge on any atom is -0.497 e. The van der Waals surface area contributed by atoms with Gasteiger partial charge in [0, 0.05) is 11.4 Å². The SMILES string of the molecule is COc1ccc(CCSc2nnc(-c3ccoc3C)n2-c2ccccc2)cc1. The summed E-state index contributed by atoms with van der Waals surface area (Å²) < 4.78 is 12.8. The summed E-state index contributed by atoms with van der Waals surface area (Å²) in [5.41, 5.74) is 3.26. The normalized spacial score (nSPS) is 10.9. The summed E-state index contributed by atoms with van der Waals surface area (Å²) in [4.78, 5) is 0. The van der Waals surface area contributed by atoms with Gasteiger partial charge >= 0.3 is 0 Å². The molecule has 28 heavy (non-hydrogen) atoms. The first-order valence-corrected chi connectivity index (χ1v) is 10.1. The van der Waals surface area contributed by atoms with Gasteiger partial charge in [0.1, 0.15) is 11.5 Å². The first-order valence-electron chi connectivity index (χ1n) is 9.07.